The van der Waals surface area contributed by atoms with Gasteiger partial charge in [0.2, 0.25) is 0 Å². The first kappa shape index (κ1) is 21.7. The molecule has 0 radical (unpaired) electrons. The van der Waals surface area contributed by atoms with E-state index >= 15 is 0 Å². The largest absolute Gasteiger partial charge is 0.391 e. The Morgan fingerprint density at radius 1 is 1.42 bits per heavy atom. The van der Waals surface area contributed by atoms with Crippen LogP contribution in [0.2, 0.25) is 5.02 Å². The summed E-state index contributed by atoms with van der Waals surface area (Å²) in [6, 6.07) is 8.14. The molecule has 2 fully saturated rings. The molecule has 1 atom stereocenters. The fourth-order valence-electron chi connectivity index (χ4n) is 3.70. The molecule has 0 aliphatic carbocycles. The predicted octanol–water partition coefficient (Wildman–Crippen LogP) is 3.04. The van der Waals surface area contributed by atoms with Crippen LogP contribution in [0, 0.1) is 0 Å². The van der Waals surface area contributed by atoms with Crippen molar-refractivity contribution in [2.24, 2.45) is 4.99 Å². The van der Waals surface area contributed by atoms with E-state index in [4.69, 9.17) is 21.3 Å². The van der Waals surface area contributed by atoms with Crippen LogP contribution in [0.4, 0.5) is 0 Å². The molecule has 3 rings (SSSR count). The molecule has 2 heterocycles. The summed E-state index contributed by atoms with van der Waals surface area (Å²) in [5, 5.41) is 14.0. The van der Waals surface area contributed by atoms with Crippen LogP contribution in [0.25, 0.3) is 0 Å². The zero-order valence-corrected chi connectivity index (χ0v) is 18.4. The van der Waals surface area contributed by atoms with Crippen LogP contribution in [-0.4, -0.2) is 61.5 Å². The fourth-order valence-corrected chi connectivity index (χ4v) is 3.90. The van der Waals surface area contributed by atoms with E-state index in [1.165, 1.54) is 5.56 Å². The van der Waals surface area contributed by atoms with Crippen molar-refractivity contribution in [2.45, 2.75) is 37.7 Å². The molecule has 2 N–H and O–H groups in total. The average molecular weight is 494 g/mol. The lowest BCUT2D eigenvalue weighted by Crippen LogP contribution is -2.43. The Balaban J connectivity index is 0.00000243. The maximum absolute atomic E-state index is 9.84. The number of aliphatic hydroxyl groups excluding tert-OH is 1. The molecule has 2 saturated heterocycles. The second-order valence-corrected chi connectivity index (χ2v) is 7.40. The van der Waals surface area contributed by atoms with E-state index in [1.54, 1.807) is 0 Å². The number of hydrogen-bond donors (Lipinski definition) is 2. The molecule has 2 aliphatic rings. The number of hydrogen-bond acceptors (Lipinski definition) is 3. The van der Waals surface area contributed by atoms with Crippen LogP contribution in [0.5, 0.6) is 0 Å². The van der Waals surface area contributed by atoms with Gasteiger partial charge in [-0.15, -0.1) is 24.0 Å². The minimum absolute atomic E-state index is 0. The third-order valence-corrected chi connectivity index (χ3v) is 5.45. The molecule has 0 bridgehead atoms. The molecule has 26 heavy (non-hydrogen) atoms. The minimum Gasteiger partial charge on any atom is -0.391 e. The lowest BCUT2D eigenvalue weighted by molar-refractivity contribution is 0.0530. The second kappa shape index (κ2) is 10.1. The lowest BCUT2D eigenvalue weighted by Gasteiger charge is -2.37. The summed E-state index contributed by atoms with van der Waals surface area (Å²) in [5.74, 6) is 0.895. The topological polar surface area (TPSA) is 57.1 Å². The van der Waals surface area contributed by atoms with Crippen molar-refractivity contribution in [3.8, 4) is 0 Å². The highest BCUT2D eigenvalue weighted by molar-refractivity contribution is 14.0. The predicted molar refractivity (Wildman–Crippen MR) is 117 cm³/mol. The Labute approximate surface area is 178 Å². The Morgan fingerprint density at radius 2 is 2.19 bits per heavy atom. The van der Waals surface area contributed by atoms with Crippen LogP contribution in [0.15, 0.2) is 29.3 Å². The van der Waals surface area contributed by atoms with Gasteiger partial charge in [-0.3, -0.25) is 4.99 Å². The van der Waals surface area contributed by atoms with E-state index in [1.807, 2.05) is 12.1 Å². The normalized spacial score (nSPS) is 22.8. The number of nitrogens with one attached hydrogen (secondary N) is 1. The third kappa shape index (κ3) is 5.24. The third-order valence-electron chi connectivity index (χ3n) is 5.22. The van der Waals surface area contributed by atoms with Crippen molar-refractivity contribution in [3.63, 3.8) is 0 Å². The number of guanidine groups is 1. The summed E-state index contributed by atoms with van der Waals surface area (Å²) in [5.41, 5.74) is 1.20. The van der Waals surface area contributed by atoms with E-state index in [0.717, 1.165) is 56.5 Å². The zero-order chi connectivity index (χ0) is 17.7. The number of β-amino-alcohol motifs (C(OH)–C–C–N with tert-alkyl or cyclic N) is 1. The summed E-state index contributed by atoms with van der Waals surface area (Å²) >= 11 is 6.24. The molecule has 1 aromatic carbocycles. The first-order valence-corrected chi connectivity index (χ1v) is 9.56. The fraction of sp³-hybridized carbons (Fsp3) is 0.632. The van der Waals surface area contributed by atoms with Gasteiger partial charge in [-0.2, -0.15) is 0 Å². The highest BCUT2D eigenvalue weighted by Crippen LogP contribution is 2.36. The van der Waals surface area contributed by atoms with E-state index in [2.05, 4.69) is 29.3 Å². The summed E-state index contributed by atoms with van der Waals surface area (Å²) in [6.07, 6.45) is 2.43. The van der Waals surface area contributed by atoms with Gasteiger partial charge in [0.25, 0.3) is 0 Å². The van der Waals surface area contributed by atoms with Crippen LogP contribution >= 0.6 is 35.6 Å². The number of rotatable bonds is 4. The maximum atomic E-state index is 9.84. The number of halogens is 2. The molecular formula is C19H29ClIN3O2. The number of ether oxygens (including phenoxy) is 1. The van der Waals surface area contributed by atoms with E-state index in [9.17, 15) is 5.11 Å². The molecule has 0 amide bonds. The van der Waals surface area contributed by atoms with E-state index in [0.29, 0.717) is 13.1 Å². The maximum Gasteiger partial charge on any atom is 0.194 e. The average Bonchev–Trinajstić information content (AvgIpc) is 3.06. The number of aliphatic imine (C=N–C) groups is 1. The molecule has 1 aromatic rings. The monoisotopic (exact) mass is 493 g/mol. The van der Waals surface area contributed by atoms with Gasteiger partial charge in [-0.05, 0) is 43.9 Å². The van der Waals surface area contributed by atoms with Crippen LogP contribution in [0.3, 0.4) is 0 Å². The van der Waals surface area contributed by atoms with Gasteiger partial charge in [0.15, 0.2) is 5.96 Å². The Morgan fingerprint density at radius 3 is 2.81 bits per heavy atom. The summed E-state index contributed by atoms with van der Waals surface area (Å²) in [7, 11) is 0. The number of benzene rings is 1. The highest BCUT2D eigenvalue weighted by atomic mass is 127. The van der Waals surface area contributed by atoms with Crippen LogP contribution in [0.1, 0.15) is 31.7 Å². The number of nitrogens with zero attached hydrogens (tertiary/aromatic N) is 2. The van der Waals surface area contributed by atoms with Crippen molar-refractivity contribution in [3.05, 3.63) is 34.9 Å². The highest BCUT2D eigenvalue weighted by Gasteiger charge is 2.35. The van der Waals surface area contributed by atoms with E-state index < -0.39 is 0 Å². The van der Waals surface area contributed by atoms with Crippen molar-refractivity contribution < 1.29 is 9.84 Å². The number of likely N-dealkylation sites (tertiary alicyclic amines) is 1. The van der Waals surface area contributed by atoms with Gasteiger partial charge < -0.3 is 20.1 Å². The molecule has 5 nitrogen and oxygen atoms in total. The lowest BCUT2D eigenvalue weighted by atomic mass is 9.74. The van der Waals surface area contributed by atoms with Crippen molar-refractivity contribution in [1.29, 1.82) is 0 Å². The van der Waals surface area contributed by atoms with Crippen LogP contribution < -0.4 is 5.32 Å². The molecular weight excluding hydrogens is 465 g/mol. The van der Waals surface area contributed by atoms with Gasteiger partial charge >= 0.3 is 0 Å². The second-order valence-electron chi connectivity index (χ2n) is 6.96. The Kier molecular flexibility index (Phi) is 8.44. The van der Waals surface area contributed by atoms with Gasteiger partial charge in [0.05, 0.1) is 12.6 Å². The summed E-state index contributed by atoms with van der Waals surface area (Å²) < 4.78 is 5.60. The smallest absolute Gasteiger partial charge is 0.194 e. The van der Waals surface area contributed by atoms with Gasteiger partial charge in [0.1, 0.15) is 0 Å². The van der Waals surface area contributed by atoms with Gasteiger partial charge in [0, 0.05) is 43.3 Å². The molecule has 7 heteroatoms. The van der Waals surface area contributed by atoms with Gasteiger partial charge in [-0.1, -0.05) is 23.7 Å². The quantitative estimate of drug-likeness (QED) is 0.385. The number of aliphatic hydroxyl groups is 1. The first-order chi connectivity index (χ1) is 12.1. The SMILES string of the molecule is CCNC(=NCC1(c2cccc(Cl)c2)CCOCC1)N1CC[C@@H](O)C1.I. The molecule has 0 aromatic heterocycles. The van der Waals surface area contributed by atoms with Crippen molar-refractivity contribution in [2.75, 3.05) is 39.4 Å². The Bertz CT molecular complexity index is 608. The minimum atomic E-state index is -0.256. The van der Waals surface area contributed by atoms with Crippen molar-refractivity contribution >= 4 is 41.5 Å². The van der Waals surface area contributed by atoms with E-state index in [-0.39, 0.29) is 35.5 Å². The first-order valence-electron chi connectivity index (χ1n) is 9.18. The molecule has 146 valence electrons. The van der Waals surface area contributed by atoms with Gasteiger partial charge in [-0.25, -0.2) is 0 Å². The standard InChI is InChI=1S/C19H28ClN3O2.HI/c1-2-21-18(23-9-6-17(24)13-23)22-14-19(7-10-25-11-8-19)15-4-3-5-16(20)12-15;/h3-5,12,17,24H,2,6-11,13-14H2,1H3,(H,21,22);1H/t17-;/m1./s1. The zero-order valence-electron chi connectivity index (χ0n) is 15.3. The summed E-state index contributed by atoms with van der Waals surface area (Å²) in [6.45, 7) is 6.59. The Hall–Kier alpha value is -0.570. The van der Waals surface area contributed by atoms with Crippen molar-refractivity contribution in [1.82, 2.24) is 10.2 Å². The molecule has 2 aliphatic heterocycles. The molecule has 0 saturated carbocycles. The van der Waals surface area contributed by atoms with Crippen LogP contribution in [-0.2, 0) is 10.2 Å². The molecule has 0 unspecified atom stereocenters. The summed E-state index contributed by atoms with van der Waals surface area (Å²) in [4.78, 5) is 7.11. The molecule has 0 spiro atoms.